The van der Waals surface area contributed by atoms with Gasteiger partial charge in [0.1, 0.15) is 11.8 Å². The highest BCUT2D eigenvalue weighted by atomic mass is 16.5. The number of carbonyl (C=O) groups excluding carboxylic acids is 1. The summed E-state index contributed by atoms with van der Waals surface area (Å²) in [6.45, 7) is 2.50. The van der Waals surface area contributed by atoms with Crippen LogP contribution in [0.25, 0.3) is 0 Å². The van der Waals surface area contributed by atoms with E-state index < -0.39 is 6.04 Å². The molecule has 2 rings (SSSR count). The van der Waals surface area contributed by atoms with Crippen LogP contribution in [-0.4, -0.2) is 18.6 Å². The van der Waals surface area contributed by atoms with Crippen molar-refractivity contribution in [2.24, 2.45) is 5.73 Å². The molecule has 0 radical (unpaired) electrons. The van der Waals surface area contributed by atoms with Crippen molar-refractivity contribution < 1.29 is 9.53 Å². The molecule has 92 valence electrons. The van der Waals surface area contributed by atoms with Crippen LogP contribution >= 0.6 is 0 Å². The molecule has 0 bridgehead atoms. The molecular formula is C13H18N2O2. The Hall–Kier alpha value is -1.55. The van der Waals surface area contributed by atoms with E-state index >= 15 is 0 Å². The number of benzene rings is 1. The maximum atomic E-state index is 11.5. The number of nitrogens with two attached hydrogens (primary N) is 1. The van der Waals surface area contributed by atoms with Gasteiger partial charge in [0, 0.05) is 11.6 Å². The topological polar surface area (TPSA) is 64.3 Å². The number of primary amides is 1. The number of rotatable bonds is 6. The molecule has 4 heteroatoms. The third-order valence-corrected chi connectivity index (χ3v) is 2.79. The van der Waals surface area contributed by atoms with Crippen molar-refractivity contribution >= 4 is 5.91 Å². The van der Waals surface area contributed by atoms with E-state index in [0.29, 0.717) is 12.6 Å². The molecule has 1 fully saturated rings. The molecule has 1 aromatic carbocycles. The fourth-order valence-corrected chi connectivity index (χ4v) is 1.82. The quantitative estimate of drug-likeness (QED) is 0.781. The van der Waals surface area contributed by atoms with Crippen molar-refractivity contribution in [3.63, 3.8) is 0 Å². The lowest BCUT2D eigenvalue weighted by molar-refractivity contribution is -0.120. The lowest BCUT2D eigenvalue weighted by Gasteiger charge is -2.18. The summed E-state index contributed by atoms with van der Waals surface area (Å²) in [4.78, 5) is 11.5. The van der Waals surface area contributed by atoms with Gasteiger partial charge < -0.3 is 10.5 Å². The molecule has 1 amide bonds. The van der Waals surface area contributed by atoms with Crippen LogP contribution < -0.4 is 15.8 Å². The number of amides is 1. The molecule has 0 aromatic heterocycles. The first-order valence-corrected chi connectivity index (χ1v) is 5.99. The van der Waals surface area contributed by atoms with Crippen LogP contribution in [-0.2, 0) is 4.79 Å². The van der Waals surface area contributed by atoms with E-state index in [-0.39, 0.29) is 5.91 Å². The molecule has 0 heterocycles. The average Bonchev–Trinajstić information content (AvgIpc) is 3.11. The first kappa shape index (κ1) is 11.9. The van der Waals surface area contributed by atoms with Crippen LogP contribution in [0.1, 0.15) is 31.4 Å². The Labute approximate surface area is 101 Å². The van der Waals surface area contributed by atoms with Crippen LogP contribution in [0.2, 0.25) is 0 Å². The van der Waals surface area contributed by atoms with E-state index in [1.807, 2.05) is 31.2 Å². The van der Waals surface area contributed by atoms with E-state index in [1.165, 1.54) is 0 Å². The van der Waals surface area contributed by atoms with E-state index in [4.69, 9.17) is 10.5 Å². The maximum absolute atomic E-state index is 11.5. The normalized spacial score (nSPS) is 16.5. The number of hydrogen-bond donors (Lipinski definition) is 2. The van der Waals surface area contributed by atoms with E-state index in [2.05, 4.69) is 5.32 Å². The number of para-hydroxylation sites is 1. The highest BCUT2D eigenvalue weighted by Gasteiger charge is 2.29. The van der Waals surface area contributed by atoms with Crippen LogP contribution in [0.5, 0.6) is 5.75 Å². The summed E-state index contributed by atoms with van der Waals surface area (Å²) >= 11 is 0. The number of hydrogen-bond acceptors (Lipinski definition) is 3. The Balaban J connectivity index is 2.23. The molecule has 3 N–H and O–H groups in total. The molecule has 1 aliphatic carbocycles. The van der Waals surface area contributed by atoms with Gasteiger partial charge in [0.2, 0.25) is 5.91 Å². The maximum Gasteiger partial charge on any atom is 0.239 e. The highest BCUT2D eigenvalue weighted by Crippen LogP contribution is 2.29. The fourth-order valence-electron chi connectivity index (χ4n) is 1.82. The van der Waals surface area contributed by atoms with Crippen LogP contribution in [0.3, 0.4) is 0 Å². The molecule has 17 heavy (non-hydrogen) atoms. The van der Waals surface area contributed by atoms with Crippen molar-refractivity contribution in [1.29, 1.82) is 0 Å². The molecule has 4 nitrogen and oxygen atoms in total. The predicted octanol–water partition coefficient (Wildman–Crippen LogP) is 1.36. The second-order valence-electron chi connectivity index (χ2n) is 4.25. The zero-order chi connectivity index (χ0) is 12.3. The number of ether oxygens (including phenoxy) is 1. The minimum Gasteiger partial charge on any atom is -0.494 e. The molecule has 0 aliphatic heterocycles. The molecule has 1 saturated carbocycles. The molecule has 1 atom stereocenters. The predicted molar refractivity (Wildman–Crippen MR) is 65.7 cm³/mol. The van der Waals surface area contributed by atoms with Gasteiger partial charge in [-0.3, -0.25) is 10.1 Å². The average molecular weight is 234 g/mol. The summed E-state index contributed by atoms with van der Waals surface area (Å²) in [5.74, 6) is 0.371. The standard InChI is InChI=1S/C13H18N2O2/c1-2-17-11-6-4-3-5-10(11)12(13(14)16)15-9-7-8-9/h3-6,9,12,15H,2,7-8H2,1H3,(H2,14,16). The van der Waals surface area contributed by atoms with Gasteiger partial charge in [0.15, 0.2) is 0 Å². The molecule has 1 aromatic rings. The zero-order valence-electron chi connectivity index (χ0n) is 9.98. The van der Waals surface area contributed by atoms with Crippen molar-refractivity contribution in [2.75, 3.05) is 6.61 Å². The molecule has 0 spiro atoms. The van der Waals surface area contributed by atoms with Gasteiger partial charge in [-0.1, -0.05) is 18.2 Å². The lowest BCUT2D eigenvalue weighted by Crippen LogP contribution is -2.35. The Morgan fingerprint density at radius 1 is 1.53 bits per heavy atom. The Morgan fingerprint density at radius 3 is 2.82 bits per heavy atom. The summed E-state index contributed by atoms with van der Waals surface area (Å²) in [7, 11) is 0. The second kappa shape index (κ2) is 5.19. The van der Waals surface area contributed by atoms with Gasteiger partial charge in [0.05, 0.1) is 6.61 Å². The van der Waals surface area contributed by atoms with Gasteiger partial charge in [0.25, 0.3) is 0 Å². The molecular weight excluding hydrogens is 216 g/mol. The Morgan fingerprint density at radius 2 is 2.24 bits per heavy atom. The number of nitrogens with one attached hydrogen (secondary N) is 1. The van der Waals surface area contributed by atoms with E-state index in [9.17, 15) is 4.79 Å². The third-order valence-electron chi connectivity index (χ3n) is 2.79. The van der Waals surface area contributed by atoms with Crippen LogP contribution in [0.4, 0.5) is 0 Å². The number of carbonyl (C=O) groups is 1. The summed E-state index contributed by atoms with van der Waals surface area (Å²) < 4.78 is 5.52. The largest absolute Gasteiger partial charge is 0.494 e. The van der Waals surface area contributed by atoms with Gasteiger partial charge in [-0.15, -0.1) is 0 Å². The smallest absolute Gasteiger partial charge is 0.239 e. The third kappa shape index (κ3) is 2.97. The van der Waals surface area contributed by atoms with E-state index in [0.717, 1.165) is 24.2 Å². The summed E-state index contributed by atoms with van der Waals surface area (Å²) in [5, 5.41) is 3.25. The fraction of sp³-hybridized carbons (Fsp3) is 0.462. The summed E-state index contributed by atoms with van der Waals surface area (Å²) in [6, 6.07) is 7.50. The van der Waals surface area contributed by atoms with E-state index in [1.54, 1.807) is 0 Å². The summed E-state index contributed by atoms with van der Waals surface area (Å²) in [5.41, 5.74) is 6.28. The lowest BCUT2D eigenvalue weighted by atomic mass is 10.1. The van der Waals surface area contributed by atoms with Crippen molar-refractivity contribution in [1.82, 2.24) is 5.32 Å². The molecule has 1 unspecified atom stereocenters. The minimum absolute atomic E-state index is 0.357. The minimum atomic E-state index is -0.453. The Bertz CT molecular complexity index is 402. The van der Waals surface area contributed by atoms with Crippen molar-refractivity contribution in [3.8, 4) is 5.75 Å². The van der Waals surface area contributed by atoms with Gasteiger partial charge >= 0.3 is 0 Å². The van der Waals surface area contributed by atoms with Crippen LogP contribution in [0, 0.1) is 0 Å². The van der Waals surface area contributed by atoms with Gasteiger partial charge in [-0.2, -0.15) is 0 Å². The first-order chi connectivity index (χ1) is 8.22. The second-order valence-corrected chi connectivity index (χ2v) is 4.25. The Kier molecular flexibility index (Phi) is 3.64. The highest BCUT2D eigenvalue weighted by molar-refractivity contribution is 5.82. The molecule has 0 saturated heterocycles. The zero-order valence-corrected chi connectivity index (χ0v) is 9.98. The summed E-state index contributed by atoms with van der Waals surface area (Å²) in [6.07, 6.45) is 2.22. The SMILES string of the molecule is CCOc1ccccc1C(NC1CC1)C(N)=O. The first-order valence-electron chi connectivity index (χ1n) is 5.99. The van der Waals surface area contributed by atoms with Gasteiger partial charge in [-0.05, 0) is 25.8 Å². The molecule has 1 aliphatic rings. The van der Waals surface area contributed by atoms with Gasteiger partial charge in [-0.25, -0.2) is 0 Å². The van der Waals surface area contributed by atoms with Crippen LogP contribution in [0.15, 0.2) is 24.3 Å². The monoisotopic (exact) mass is 234 g/mol. The van der Waals surface area contributed by atoms with Crippen molar-refractivity contribution in [3.05, 3.63) is 29.8 Å². The van der Waals surface area contributed by atoms with Crippen molar-refractivity contribution in [2.45, 2.75) is 31.8 Å².